The number of aromatic nitrogens is 2. The molecule has 2 aromatic carbocycles. The molecule has 0 unspecified atom stereocenters. The zero-order valence-electron chi connectivity index (χ0n) is 20.1. The second kappa shape index (κ2) is 10.1. The molecule has 1 aliphatic carbocycles. The van der Waals surface area contributed by atoms with E-state index in [4.69, 9.17) is 18.0 Å². The van der Waals surface area contributed by atoms with Gasteiger partial charge in [-0.15, -0.1) is 6.42 Å². The molecular formula is C27H26ClN5O3S. The third kappa shape index (κ3) is 5.47. The number of hydrogen-bond donors (Lipinski definition) is 3. The van der Waals surface area contributed by atoms with E-state index in [1.54, 1.807) is 30.5 Å². The summed E-state index contributed by atoms with van der Waals surface area (Å²) in [6.07, 6.45) is 12.3. The molecule has 0 bridgehead atoms. The average molecular weight is 536 g/mol. The molecule has 1 aliphatic heterocycles. The average Bonchev–Trinajstić information content (AvgIpc) is 3.03. The van der Waals surface area contributed by atoms with Gasteiger partial charge in [0.25, 0.3) is 0 Å². The third-order valence-corrected chi connectivity index (χ3v) is 8.52. The number of nitrogens with one attached hydrogen (secondary N) is 3. The lowest BCUT2D eigenvalue weighted by Crippen LogP contribution is -2.38. The highest BCUT2D eigenvalue weighted by atomic mass is 35.5. The summed E-state index contributed by atoms with van der Waals surface area (Å²) >= 11 is 6.11. The predicted molar refractivity (Wildman–Crippen MR) is 144 cm³/mol. The second-order valence-electron chi connectivity index (χ2n) is 9.44. The van der Waals surface area contributed by atoms with Crippen molar-refractivity contribution < 1.29 is 13.2 Å². The number of sulfonamides is 1. The quantitative estimate of drug-likeness (QED) is 0.387. The normalized spacial score (nSPS) is 16.5. The maximum absolute atomic E-state index is 12.9. The van der Waals surface area contributed by atoms with Crippen molar-refractivity contribution in [3.63, 3.8) is 0 Å². The van der Waals surface area contributed by atoms with Gasteiger partial charge in [-0.05, 0) is 55.3 Å². The van der Waals surface area contributed by atoms with Crippen LogP contribution < -0.4 is 15.4 Å². The smallest absolute Gasteiger partial charge is 0.240 e. The van der Waals surface area contributed by atoms with E-state index in [2.05, 4.69) is 31.2 Å². The number of terminal acetylenes is 1. The second-order valence-corrected chi connectivity index (χ2v) is 11.6. The van der Waals surface area contributed by atoms with E-state index in [9.17, 15) is 13.2 Å². The predicted octanol–water partition coefficient (Wildman–Crippen LogP) is 4.90. The summed E-state index contributed by atoms with van der Waals surface area (Å²) in [5.74, 6) is 2.98. The van der Waals surface area contributed by atoms with Gasteiger partial charge in [-0.2, -0.15) is 0 Å². The van der Waals surface area contributed by atoms with Crippen molar-refractivity contribution in [1.29, 1.82) is 0 Å². The third-order valence-electron chi connectivity index (χ3n) is 6.86. The lowest BCUT2D eigenvalue weighted by atomic mass is 9.75. The van der Waals surface area contributed by atoms with Gasteiger partial charge in [0.15, 0.2) is 0 Å². The highest BCUT2D eigenvalue weighted by Crippen LogP contribution is 2.36. The molecule has 10 heteroatoms. The van der Waals surface area contributed by atoms with Crippen LogP contribution in [0.1, 0.15) is 37.7 Å². The van der Waals surface area contributed by atoms with Crippen molar-refractivity contribution in [3.8, 4) is 23.6 Å². The molecule has 0 radical (unpaired) electrons. The topological polar surface area (TPSA) is 113 Å². The fraction of sp³-hybridized carbons (Fsp3) is 0.296. The summed E-state index contributed by atoms with van der Waals surface area (Å²) in [4.78, 5) is 21.4. The van der Waals surface area contributed by atoms with Crippen molar-refractivity contribution in [2.75, 3.05) is 17.2 Å². The largest absolute Gasteiger partial charge is 0.325 e. The van der Waals surface area contributed by atoms with Crippen molar-refractivity contribution in [2.24, 2.45) is 5.41 Å². The van der Waals surface area contributed by atoms with Crippen molar-refractivity contribution in [1.82, 2.24) is 14.7 Å². The zero-order chi connectivity index (χ0) is 26.0. The Morgan fingerprint density at radius 2 is 1.86 bits per heavy atom. The molecule has 1 aromatic heterocycles. The van der Waals surface area contributed by atoms with Crippen LogP contribution in [0.3, 0.4) is 0 Å². The van der Waals surface area contributed by atoms with Crippen LogP contribution in [0.25, 0.3) is 11.3 Å². The Kier molecular flexibility index (Phi) is 6.90. The molecule has 1 fully saturated rings. The molecule has 1 amide bonds. The Bertz CT molecular complexity index is 1490. The first-order chi connectivity index (χ1) is 17.8. The van der Waals surface area contributed by atoms with Crippen LogP contribution in [-0.2, 0) is 21.2 Å². The number of halogens is 1. The van der Waals surface area contributed by atoms with Gasteiger partial charge < -0.3 is 10.6 Å². The first-order valence-electron chi connectivity index (χ1n) is 12.1. The number of hydrogen-bond acceptors (Lipinski definition) is 6. The molecule has 0 saturated heterocycles. The highest BCUT2D eigenvalue weighted by Gasteiger charge is 2.31. The van der Waals surface area contributed by atoms with E-state index in [1.807, 2.05) is 6.07 Å². The Hall–Kier alpha value is -3.45. The Morgan fingerprint density at radius 3 is 2.59 bits per heavy atom. The summed E-state index contributed by atoms with van der Waals surface area (Å²) in [6, 6.07) is 11.6. The number of anilines is 3. The molecule has 8 nitrogen and oxygen atoms in total. The van der Waals surface area contributed by atoms with E-state index in [1.165, 1.54) is 12.1 Å². The van der Waals surface area contributed by atoms with E-state index in [0.29, 0.717) is 33.6 Å². The van der Waals surface area contributed by atoms with Gasteiger partial charge in [0.2, 0.25) is 21.9 Å². The highest BCUT2D eigenvalue weighted by molar-refractivity contribution is 7.89. The molecule has 37 heavy (non-hydrogen) atoms. The van der Waals surface area contributed by atoms with Gasteiger partial charge >= 0.3 is 0 Å². The Labute approximate surface area is 221 Å². The molecule has 1 saturated carbocycles. The summed E-state index contributed by atoms with van der Waals surface area (Å²) in [7, 11) is -3.71. The SMILES string of the molecule is C#CC1(CNS(=O)(=O)c2ccc(Nc3ncc4c(n3)-c3ccc(Cl)cc3NC(=O)C4)cc2)CCCCC1. The van der Waals surface area contributed by atoms with Crippen LogP contribution >= 0.6 is 11.6 Å². The van der Waals surface area contributed by atoms with Gasteiger partial charge in [-0.25, -0.2) is 23.1 Å². The summed E-state index contributed by atoms with van der Waals surface area (Å²) in [5, 5.41) is 6.47. The molecule has 2 heterocycles. The summed E-state index contributed by atoms with van der Waals surface area (Å²) in [5.41, 5.74) is 2.84. The fourth-order valence-corrected chi connectivity index (χ4v) is 6.09. The molecule has 0 atom stereocenters. The molecule has 190 valence electrons. The number of carbonyl (C=O) groups excluding carboxylic acids is 1. The minimum atomic E-state index is -3.71. The molecular weight excluding hydrogens is 510 g/mol. The van der Waals surface area contributed by atoms with Crippen LogP contribution in [0.5, 0.6) is 0 Å². The van der Waals surface area contributed by atoms with Crippen LogP contribution in [0, 0.1) is 17.8 Å². The Morgan fingerprint density at radius 1 is 1.11 bits per heavy atom. The number of nitrogens with zero attached hydrogens (tertiary/aromatic N) is 2. The van der Waals surface area contributed by atoms with Crippen molar-refractivity contribution in [2.45, 2.75) is 43.4 Å². The van der Waals surface area contributed by atoms with Crippen LogP contribution in [0.2, 0.25) is 5.02 Å². The molecule has 3 aromatic rings. The maximum Gasteiger partial charge on any atom is 0.240 e. The van der Waals surface area contributed by atoms with Crippen LogP contribution in [-0.4, -0.2) is 30.8 Å². The van der Waals surface area contributed by atoms with E-state index in [0.717, 1.165) is 37.7 Å². The van der Waals surface area contributed by atoms with Gasteiger partial charge in [-0.3, -0.25) is 4.79 Å². The summed E-state index contributed by atoms with van der Waals surface area (Å²) in [6.45, 7) is 0.235. The van der Waals surface area contributed by atoms with E-state index < -0.39 is 15.4 Å². The minimum Gasteiger partial charge on any atom is -0.325 e. The molecule has 3 N–H and O–H groups in total. The fourth-order valence-electron chi connectivity index (χ4n) is 4.79. The van der Waals surface area contributed by atoms with Crippen LogP contribution in [0.15, 0.2) is 53.6 Å². The van der Waals surface area contributed by atoms with E-state index in [-0.39, 0.29) is 23.8 Å². The Balaban J connectivity index is 1.33. The number of fused-ring (bicyclic) bond motifs is 3. The number of amides is 1. The van der Waals surface area contributed by atoms with Gasteiger partial charge in [0, 0.05) is 40.0 Å². The molecule has 0 spiro atoms. The van der Waals surface area contributed by atoms with Gasteiger partial charge in [0.1, 0.15) is 0 Å². The molecule has 5 rings (SSSR count). The van der Waals surface area contributed by atoms with Crippen molar-refractivity contribution in [3.05, 3.63) is 59.2 Å². The number of rotatable bonds is 6. The zero-order valence-corrected chi connectivity index (χ0v) is 21.6. The summed E-state index contributed by atoms with van der Waals surface area (Å²) < 4.78 is 28.5. The van der Waals surface area contributed by atoms with Crippen molar-refractivity contribution >= 4 is 44.9 Å². The monoisotopic (exact) mass is 535 g/mol. The maximum atomic E-state index is 12.9. The first kappa shape index (κ1) is 25.2. The lowest BCUT2D eigenvalue weighted by molar-refractivity contribution is -0.115. The first-order valence-corrected chi connectivity index (χ1v) is 13.9. The molecule has 2 aliphatic rings. The minimum absolute atomic E-state index is 0.141. The van der Waals surface area contributed by atoms with Crippen LogP contribution in [0.4, 0.5) is 17.3 Å². The van der Waals surface area contributed by atoms with E-state index >= 15 is 0 Å². The number of carbonyl (C=O) groups is 1. The standard InChI is InChI=1S/C27H26ClN5O3S/c1-2-27(12-4-3-5-13-27)17-30-37(35,36)21-9-7-20(8-10-21)31-26-29-16-18-14-24(34)32-23-15-19(28)6-11-22(23)25(18)33-26/h1,6-11,15-16,30H,3-5,12-14,17H2,(H,32,34)(H,29,31,33). The van der Waals surface area contributed by atoms with Gasteiger partial charge in [-0.1, -0.05) is 36.8 Å². The van der Waals surface area contributed by atoms with Gasteiger partial charge in [0.05, 0.1) is 22.7 Å². The number of benzene rings is 2. The lowest BCUT2D eigenvalue weighted by Gasteiger charge is -2.32.